The Morgan fingerprint density at radius 3 is 2.39 bits per heavy atom. The van der Waals surface area contributed by atoms with Crippen molar-refractivity contribution in [1.29, 1.82) is 0 Å². The van der Waals surface area contributed by atoms with Crippen LogP contribution in [0.4, 0.5) is 4.39 Å². The number of rotatable bonds is 8. The van der Waals surface area contributed by atoms with E-state index in [4.69, 9.17) is 4.74 Å². The Hall–Kier alpha value is -2.89. The molecule has 0 amide bonds. The second-order valence-electron chi connectivity index (χ2n) is 11.8. The number of fused-ring (bicyclic) bond motifs is 1. The third kappa shape index (κ3) is 6.05. The van der Waals surface area contributed by atoms with Crippen molar-refractivity contribution in [3.63, 3.8) is 0 Å². The Bertz CT molecular complexity index is 1280. The zero-order valence-electron chi connectivity index (χ0n) is 23.0. The Balaban J connectivity index is 1.47. The molecule has 38 heavy (non-hydrogen) atoms. The molecule has 0 saturated carbocycles. The smallest absolute Gasteiger partial charge is 0.119 e. The lowest BCUT2D eigenvalue weighted by molar-refractivity contribution is 0.198. The molecule has 1 heterocycles. The summed E-state index contributed by atoms with van der Waals surface area (Å²) in [5, 5.41) is 11.7. The van der Waals surface area contributed by atoms with Crippen molar-refractivity contribution in [2.75, 3.05) is 26.3 Å². The number of allylic oxidation sites excluding steroid dienone is 1. The fourth-order valence-corrected chi connectivity index (χ4v) is 7.00. The lowest BCUT2D eigenvalue weighted by Crippen LogP contribution is -2.37. The average molecular weight is 530 g/mol. The number of hydrogen-bond donors (Lipinski definition) is 1. The maximum Gasteiger partial charge on any atom is 0.119 e. The van der Waals surface area contributed by atoms with Crippen LogP contribution in [0.1, 0.15) is 47.9 Å². The van der Waals surface area contributed by atoms with Crippen molar-refractivity contribution in [2.45, 2.75) is 57.8 Å². The molecule has 3 nitrogen and oxygen atoms in total. The largest absolute Gasteiger partial charge is 0.508 e. The molecule has 0 aromatic heterocycles. The van der Waals surface area contributed by atoms with Crippen LogP contribution in [0.2, 0.25) is 19.6 Å². The Kier molecular flexibility index (Phi) is 8.06. The summed E-state index contributed by atoms with van der Waals surface area (Å²) >= 11 is 0. The molecule has 3 aromatic carbocycles. The van der Waals surface area contributed by atoms with Gasteiger partial charge in [-0.2, -0.15) is 0 Å². The van der Waals surface area contributed by atoms with Crippen molar-refractivity contribution in [2.24, 2.45) is 0 Å². The first-order valence-electron chi connectivity index (χ1n) is 14.0. The number of aromatic hydroxyl groups is 1. The van der Waals surface area contributed by atoms with Gasteiger partial charge in [0.05, 0.1) is 14.7 Å². The van der Waals surface area contributed by atoms with Crippen molar-refractivity contribution in [3.8, 4) is 11.5 Å². The van der Waals surface area contributed by atoms with Gasteiger partial charge in [-0.25, -0.2) is 0 Å². The quantitative estimate of drug-likeness (QED) is 0.318. The van der Waals surface area contributed by atoms with Crippen LogP contribution in [0.5, 0.6) is 11.5 Å². The molecule has 0 unspecified atom stereocenters. The molecule has 5 heteroatoms. The summed E-state index contributed by atoms with van der Waals surface area (Å²) in [6.45, 7) is 9.54. The number of alkyl halides is 1. The van der Waals surface area contributed by atoms with E-state index in [0.29, 0.717) is 12.2 Å². The zero-order chi connectivity index (χ0) is 26.7. The van der Waals surface area contributed by atoms with Gasteiger partial charge >= 0.3 is 0 Å². The molecule has 2 aliphatic rings. The third-order valence-corrected chi connectivity index (χ3v) is 9.98. The van der Waals surface area contributed by atoms with Crippen LogP contribution in [0.3, 0.4) is 0 Å². The maximum atomic E-state index is 12.5. The normalized spacial score (nSPS) is 18.4. The Labute approximate surface area is 228 Å². The Morgan fingerprint density at radius 2 is 1.68 bits per heavy atom. The number of phenols is 1. The van der Waals surface area contributed by atoms with E-state index < -0.39 is 8.07 Å². The third-order valence-electron chi connectivity index (χ3n) is 7.92. The highest BCUT2D eigenvalue weighted by atomic mass is 28.3. The minimum atomic E-state index is -1.37. The van der Waals surface area contributed by atoms with E-state index in [9.17, 15) is 9.50 Å². The van der Waals surface area contributed by atoms with Gasteiger partial charge in [0.25, 0.3) is 0 Å². The molecular formula is C33H40FNO2Si. The molecule has 3 aromatic rings. The lowest BCUT2D eigenvalue weighted by Gasteiger charge is -2.20. The number of likely N-dealkylation sites (tertiary alicyclic amines) is 1. The van der Waals surface area contributed by atoms with Crippen LogP contribution in [0.25, 0.3) is 11.1 Å². The summed E-state index contributed by atoms with van der Waals surface area (Å²) in [6.07, 6.45) is 4.72. The van der Waals surface area contributed by atoms with Gasteiger partial charge in [0.2, 0.25) is 0 Å². The van der Waals surface area contributed by atoms with Gasteiger partial charge in [0.1, 0.15) is 17.6 Å². The fraction of sp³-hybridized carbons (Fsp3) is 0.394. The SMILES string of the molecule is C[Si](C)(C)c1ccc(C2=C(c3ccc(O[C@H]4CCN(CCCF)C4)cc3)c3ccc(O)cc3CCC2)cc1. The molecule has 5 rings (SSSR count). The first-order chi connectivity index (χ1) is 18.3. The van der Waals surface area contributed by atoms with Gasteiger partial charge < -0.3 is 9.84 Å². The van der Waals surface area contributed by atoms with Crippen LogP contribution < -0.4 is 9.92 Å². The molecule has 1 N–H and O–H groups in total. The van der Waals surface area contributed by atoms with E-state index in [0.717, 1.165) is 51.1 Å². The Morgan fingerprint density at radius 1 is 0.947 bits per heavy atom. The first-order valence-corrected chi connectivity index (χ1v) is 17.5. The van der Waals surface area contributed by atoms with Gasteiger partial charge in [-0.05, 0) is 89.8 Å². The van der Waals surface area contributed by atoms with Gasteiger partial charge in [-0.3, -0.25) is 9.29 Å². The fourth-order valence-electron chi connectivity index (χ4n) is 5.84. The second kappa shape index (κ2) is 11.5. The number of nitrogens with zero attached hydrogens (tertiary/aromatic N) is 1. The predicted molar refractivity (Wildman–Crippen MR) is 159 cm³/mol. The predicted octanol–water partition coefficient (Wildman–Crippen LogP) is 7.05. The first kappa shape index (κ1) is 26.7. The summed E-state index contributed by atoms with van der Waals surface area (Å²) in [7, 11) is -1.37. The minimum Gasteiger partial charge on any atom is -0.508 e. The standard InChI is InChI=1S/C33H40FNO2Si/c1-38(2,3)30-15-10-24(11-16-30)31-7-4-6-26-22-27(36)12-17-32(26)33(31)25-8-13-28(14-9-25)37-29-18-21-35(23-29)20-5-19-34/h8-17,22,29,36H,4-7,18-21,23H2,1-3H3/t29-/m0/s1. The van der Waals surface area contributed by atoms with E-state index in [1.807, 2.05) is 12.1 Å². The number of phenolic OH excluding ortho intramolecular Hbond substituents is 1. The molecule has 1 aliphatic heterocycles. The molecule has 0 radical (unpaired) electrons. The minimum absolute atomic E-state index is 0.154. The topological polar surface area (TPSA) is 32.7 Å². The zero-order valence-corrected chi connectivity index (χ0v) is 24.0. The van der Waals surface area contributed by atoms with E-state index in [1.165, 1.54) is 38.6 Å². The molecule has 1 aliphatic carbocycles. The maximum absolute atomic E-state index is 12.5. The summed E-state index contributed by atoms with van der Waals surface area (Å²) in [6, 6.07) is 23.6. The van der Waals surface area contributed by atoms with Crippen molar-refractivity contribution in [3.05, 3.63) is 89.0 Å². The second-order valence-corrected chi connectivity index (χ2v) is 16.8. The van der Waals surface area contributed by atoms with Crippen LogP contribution in [0, 0.1) is 0 Å². The number of hydrogen-bond acceptors (Lipinski definition) is 3. The van der Waals surface area contributed by atoms with Crippen molar-refractivity contribution in [1.82, 2.24) is 4.90 Å². The van der Waals surface area contributed by atoms with Crippen LogP contribution in [-0.2, 0) is 6.42 Å². The number of benzene rings is 3. The molecule has 0 bridgehead atoms. The van der Waals surface area contributed by atoms with Crippen LogP contribution >= 0.6 is 0 Å². The van der Waals surface area contributed by atoms with Gasteiger partial charge in [0, 0.05) is 19.6 Å². The molecule has 1 saturated heterocycles. The van der Waals surface area contributed by atoms with E-state index in [-0.39, 0.29) is 12.8 Å². The molecule has 0 spiro atoms. The van der Waals surface area contributed by atoms with E-state index >= 15 is 0 Å². The molecular weight excluding hydrogens is 489 g/mol. The van der Waals surface area contributed by atoms with E-state index in [2.05, 4.69) is 79.1 Å². The van der Waals surface area contributed by atoms with Crippen molar-refractivity contribution < 1.29 is 14.2 Å². The van der Waals surface area contributed by atoms with Crippen LogP contribution in [0.15, 0.2) is 66.7 Å². The summed E-state index contributed by atoms with van der Waals surface area (Å²) in [5.74, 6) is 1.21. The lowest BCUT2D eigenvalue weighted by atomic mass is 9.88. The monoisotopic (exact) mass is 529 g/mol. The van der Waals surface area contributed by atoms with E-state index in [1.54, 1.807) is 0 Å². The molecule has 1 atom stereocenters. The van der Waals surface area contributed by atoms with Gasteiger partial charge in [-0.15, -0.1) is 0 Å². The van der Waals surface area contributed by atoms with Crippen LogP contribution in [-0.4, -0.2) is 50.5 Å². The summed E-state index contributed by atoms with van der Waals surface area (Å²) in [4.78, 5) is 2.29. The number of halogens is 1. The summed E-state index contributed by atoms with van der Waals surface area (Å²) in [5.41, 5.74) is 7.48. The number of aryl methyl sites for hydroxylation is 1. The molecule has 200 valence electrons. The number of ether oxygens (including phenoxy) is 1. The highest BCUT2D eigenvalue weighted by molar-refractivity contribution is 6.88. The van der Waals surface area contributed by atoms with Gasteiger partial charge in [0.15, 0.2) is 0 Å². The average Bonchev–Trinajstić information content (AvgIpc) is 3.26. The van der Waals surface area contributed by atoms with Gasteiger partial charge in [-0.1, -0.05) is 67.3 Å². The highest BCUT2D eigenvalue weighted by Crippen LogP contribution is 2.41. The summed E-state index contributed by atoms with van der Waals surface area (Å²) < 4.78 is 18.9. The van der Waals surface area contributed by atoms with Crippen molar-refractivity contribution >= 4 is 24.4 Å². The highest BCUT2D eigenvalue weighted by Gasteiger charge is 2.25. The molecule has 1 fully saturated rings.